The van der Waals surface area contributed by atoms with E-state index in [9.17, 15) is 50.3 Å². The van der Waals surface area contributed by atoms with Gasteiger partial charge in [-0.2, -0.15) is 26.3 Å². The molecule has 4 saturated heterocycles. The summed E-state index contributed by atoms with van der Waals surface area (Å²) in [5.74, 6) is -0.405. The zero-order valence-corrected chi connectivity index (χ0v) is 49.8. The van der Waals surface area contributed by atoms with E-state index >= 15 is 0 Å². The van der Waals surface area contributed by atoms with Gasteiger partial charge in [0.15, 0.2) is 0 Å². The summed E-state index contributed by atoms with van der Waals surface area (Å²) in [5, 5.41) is 8.27. The van der Waals surface area contributed by atoms with Crippen molar-refractivity contribution in [2.24, 2.45) is 17.6 Å². The van der Waals surface area contributed by atoms with Gasteiger partial charge in [0.25, 0.3) is 0 Å². The van der Waals surface area contributed by atoms with Gasteiger partial charge in [-0.3, -0.25) is 19.4 Å². The first-order valence-corrected chi connectivity index (χ1v) is 28.4. The Morgan fingerprint density at radius 1 is 0.612 bits per heavy atom. The molecule has 2 aromatic carbocycles. The number of nitrogens with zero attached hydrogens (tertiary/aromatic N) is 6. The summed E-state index contributed by atoms with van der Waals surface area (Å²) in [4.78, 5) is 77.1. The molecule has 7 amide bonds. The number of halogens is 6. The minimum absolute atomic E-state index is 0.0436. The number of carbonyl (C=O) groups is 5. The molecule has 4 aromatic rings. The molecule has 4 aliphatic rings. The summed E-state index contributed by atoms with van der Waals surface area (Å²) in [7, 11) is 0. The summed E-state index contributed by atoms with van der Waals surface area (Å²) in [6, 6.07) is 15.7. The lowest BCUT2D eigenvalue weighted by Crippen LogP contribution is -2.40. The number of rotatable bonds is 13. The van der Waals surface area contributed by atoms with Crippen molar-refractivity contribution in [1.82, 2.24) is 25.1 Å². The Morgan fingerprint density at radius 2 is 1.02 bits per heavy atom. The van der Waals surface area contributed by atoms with Crippen LogP contribution in [-0.2, 0) is 23.8 Å². The number of alkyl halides is 6. The van der Waals surface area contributed by atoms with Crippen LogP contribution in [0.15, 0.2) is 60.7 Å². The maximum absolute atomic E-state index is 12.8. The third-order valence-corrected chi connectivity index (χ3v) is 13.8. The number of alkyl carbamates (subject to hydrolysis) is 1. The number of anilines is 6. The SMILES string of the molecule is CCOCC.CCOCC.Cc1ccc(NC(=O)N2CC[C@@H](CC(F)(F)F)C2)cc1-c1cc(N)nc(N2C[C@@H](N)CC2=O)c1.Cc1ccc(NC(=O)N2CC[C@@H](CC(F)(F)F)C2)cc1-c1cc(N)nc(N2C[C@@H](NC(=O)OC(C)(C)C)CC2=O)c1. The summed E-state index contributed by atoms with van der Waals surface area (Å²) in [6.45, 7) is 21.5. The molecule has 8 rings (SSSR count). The Hall–Kier alpha value is -7.45. The topological polar surface area (TPSA) is 266 Å². The van der Waals surface area contributed by atoms with E-state index in [1.807, 2.05) is 47.6 Å². The second kappa shape index (κ2) is 30.6. The van der Waals surface area contributed by atoms with Gasteiger partial charge in [0.1, 0.15) is 28.9 Å². The molecule has 20 nitrogen and oxygen atoms in total. The quantitative estimate of drug-likeness (QED) is 0.0681. The zero-order chi connectivity index (χ0) is 63.0. The molecule has 85 heavy (non-hydrogen) atoms. The Labute approximate surface area is 492 Å². The minimum atomic E-state index is -4.26. The number of aromatic nitrogens is 2. The second-order valence-electron chi connectivity index (χ2n) is 22.1. The van der Waals surface area contributed by atoms with Crippen LogP contribution in [0.2, 0.25) is 0 Å². The van der Waals surface area contributed by atoms with Gasteiger partial charge in [-0.15, -0.1) is 0 Å². The van der Waals surface area contributed by atoms with Crippen LogP contribution in [0.25, 0.3) is 22.3 Å². The third-order valence-electron chi connectivity index (χ3n) is 13.8. The number of benzene rings is 2. The highest BCUT2D eigenvalue weighted by Gasteiger charge is 2.39. The van der Waals surface area contributed by atoms with Gasteiger partial charge in [-0.25, -0.2) is 24.4 Å². The number of pyridine rings is 2. The smallest absolute Gasteiger partial charge is 0.407 e. The van der Waals surface area contributed by atoms with Gasteiger partial charge in [-0.05, 0) is 169 Å². The standard InChI is InChI=1S/C28H35F3N6O4.C23H27F3N6O2.2C4H10O/c1-16-5-6-19(33-25(39)36-8-7-17(14-36)13-28(29,30)31)11-21(16)18-9-22(32)35-23(10-18)37-15-20(12-24(37)38)34-26(40)41-27(2,3)4;1-13-2-3-17(29-22(34)31-5-4-14(11-31)10-23(24,25)26)9-18(13)15-6-19(28)30-20(7-15)32-12-16(27)8-21(32)33;2*1-3-5-4-2/h5-6,9-11,17,20H,7-8,12-15H2,1-4H3,(H2,32,35)(H,33,39)(H,34,40);2-3,6-7,9,14,16H,4-5,8,10-12,27H2,1H3,(H2,28,30)(H,29,34);2*3-4H2,1-2H3/t17-,20-;14-,16-;;/m00../s1. The van der Waals surface area contributed by atoms with Crippen LogP contribution in [0.1, 0.15) is 98.1 Å². The highest BCUT2D eigenvalue weighted by atomic mass is 19.4. The van der Waals surface area contributed by atoms with Crippen LogP contribution >= 0.6 is 0 Å². The van der Waals surface area contributed by atoms with Gasteiger partial charge >= 0.3 is 30.5 Å². The Kier molecular flexibility index (Phi) is 24.6. The largest absolute Gasteiger partial charge is 0.444 e. The molecule has 0 unspecified atom stereocenters. The van der Waals surface area contributed by atoms with E-state index in [4.69, 9.17) is 31.4 Å². The average Bonchev–Trinajstić information content (AvgIpc) is 3.76. The number of aryl methyl sites for hydroxylation is 2. The van der Waals surface area contributed by atoms with Crippen LogP contribution in [0.3, 0.4) is 0 Å². The van der Waals surface area contributed by atoms with E-state index in [0.717, 1.165) is 54.2 Å². The first-order chi connectivity index (χ1) is 39.9. The van der Waals surface area contributed by atoms with Crippen molar-refractivity contribution in [1.29, 1.82) is 0 Å². The molecule has 0 aliphatic carbocycles. The average molecular weight is 1200 g/mol. The van der Waals surface area contributed by atoms with Crippen LogP contribution in [0, 0.1) is 25.7 Å². The van der Waals surface area contributed by atoms with Gasteiger partial charge < -0.3 is 57.2 Å². The highest BCUT2D eigenvalue weighted by molar-refractivity contribution is 5.98. The van der Waals surface area contributed by atoms with Crippen LogP contribution in [0.5, 0.6) is 0 Å². The molecule has 6 heterocycles. The lowest BCUT2D eigenvalue weighted by Gasteiger charge is -2.22. The molecule has 9 N–H and O–H groups in total. The molecule has 0 radical (unpaired) electrons. The second-order valence-corrected chi connectivity index (χ2v) is 22.1. The summed E-state index contributed by atoms with van der Waals surface area (Å²) >= 11 is 0. The van der Waals surface area contributed by atoms with Crippen LogP contribution in [0.4, 0.5) is 75.4 Å². The number of likely N-dealkylation sites (tertiary alicyclic amines) is 2. The molecule has 468 valence electrons. The van der Waals surface area contributed by atoms with E-state index < -0.39 is 66.8 Å². The van der Waals surface area contributed by atoms with Crippen molar-refractivity contribution in [3.63, 3.8) is 0 Å². The fourth-order valence-electron chi connectivity index (χ4n) is 9.97. The Balaban J connectivity index is 0.000000271. The number of nitrogens with two attached hydrogens (primary N) is 3. The van der Waals surface area contributed by atoms with E-state index in [-0.39, 0.29) is 75.1 Å². The maximum atomic E-state index is 12.8. The van der Waals surface area contributed by atoms with Crippen molar-refractivity contribution < 1.29 is 64.5 Å². The fourth-order valence-corrected chi connectivity index (χ4v) is 9.97. The minimum Gasteiger partial charge on any atom is -0.444 e. The van der Waals surface area contributed by atoms with E-state index in [0.29, 0.717) is 48.0 Å². The van der Waals surface area contributed by atoms with Gasteiger partial charge in [-0.1, -0.05) is 12.1 Å². The number of carbonyl (C=O) groups excluding carboxylic acids is 5. The molecule has 26 heteroatoms. The number of amides is 7. The normalized spacial score (nSPS) is 18.7. The number of nitrogens with one attached hydrogen (secondary N) is 3. The Bertz CT molecular complexity index is 2920. The maximum Gasteiger partial charge on any atom is 0.407 e. The van der Waals surface area contributed by atoms with Crippen LogP contribution < -0.4 is 43.0 Å². The fraction of sp³-hybridized carbons (Fsp3) is 0.542. The summed E-state index contributed by atoms with van der Waals surface area (Å²) < 4.78 is 91.2. The molecular weight excluding hydrogens is 1120 g/mol. The van der Waals surface area contributed by atoms with Gasteiger partial charge in [0, 0.05) is 109 Å². The number of nitrogen functional groups attached to an aromatic ring is 2. The lowest BCUT2D eigenvalue weighted by molar-refractivity contribution is -0.144. The van der Waals surface area contributed by atoms with E-state index in [1.54, 1.807) is 75.4 Å². The van der Waals surface area contributed by atoms with E-state index in [1.165, 1.54) is 19.6 Å². The highest BCUT2D eigenvalue weighted by Crippen LogP contribution is 2.36. The molecular formula is C59H82F6N12O8. The predicted octanol–water partition coefficient (Wildman–Crippen LogP) is 10.7. The predicted molar refractivity (Wildman–Crippen MR) is 316 cm³/mol. The number of ether oxygens (including phenoxy) is 3. The molecule has 4 fully saturated rings. The molecule has 0 bridgehead atoms. The molecule has 0 saturated carbocycles. The van der Waals surface area contributed by atoms with Crippen molar-refractivity contribution >= 4 is 64.6 Å². The molecule has 0 spiro atoms. The number of urea groups is 2. The van der Waals surface area contributed by atoms with Gasteiger partial charge in [0.05, 0.1) is 6.04 Å². The van der Waals surface area contributed by atoms with Crippen molar-refractivity contribution in [2.45, 2.75) is 131 Å². The first kappa shape index (κ1) is 68.3. The molecule has 2 aromatic heterocycles. The van der Waals surface area contributed by atoms with E-state index in [2.05, 4.69) is 25.9 Å². The Morgan fingerprint density at radius 3 is 1.39 bits per heavy atom. The third kappa shape index (κ3) is 21.8. The first-order valence-electron chi connectivity index (χ1n) is 28.4. The van der Waals surface area contributed by atoms with Crippen molar-refractivity contribution in [2.75, 3.05) is 97.6 Å². The zero-order valence-electron chi connectivity index (χ0n) is 49.8. The summed E-state index contributed by atoms with van der Waals surface area (Å²) in [5.41, 5.74) is 23.0. The van der Waals surface area contributed by atoms with Crippen molar-refractivity contribution in [3.05, 3.63) is 71.8 Å². The van der Waals surface area contributed by atoms with Crippen LogP contribution in [-0.4, -0.2) is 145 Å². The number of hydrogen-bond donors (Lipinski definition) is 6. The number of hydrogen-bond acceptors (Lipinski definition) is 13. The molecule has 4 aliphatic heterocycles. The lowest BCUT2D eigenvalue weighted by atomic mass is 10.00. The van der Waals surface area contributed by atoms with Gasteiger partial charge in [0.2, 0.25) is 11.8 Å². The summed E-state index contributed by atoms with van der Waals surface area (Å²) in [6.07, 6.45) is -9.96. The molecule has 4 atom stereocenters. The van der Waals surface area contributed by atoms with Crippen molar-refractivity contribution in [3.8, 4) is 22.3 Å². The monoisotopic (exact) mass is 1200 g/mol.